The molecule has 32 heavy (non-hydrogen) atoms. The fourth-order valence-corrected chi connectivity index (χ4v) is 4.26. The molecule has 2 aliphatic rings. The van der Waals surface area contributed by atoms with E-state index in [0.29, 0.717) is 30.6 Å². The van der Waals surface area contributed by atoms with Crippen LogP contribution < -0.4 is 0 Å². The number of ether oxygens (including phenoxy) is 2. The first-order chi connectivity index (χ1) is 15.1. The van der Waals surface area contributed by atoms with Gasteiger partial charge in [-0.3, -0.25) is 9.59 Å². The largest absolute Gasteiger partial charge is 0.393 e. The van der Waals surface area contributed by atoms with Gasteiger partial charge in [-0.05, 0) is 39.7 Å². The smallest absolute Gasteiger partial charge is 0.185 e. The van der Waals surface area contributed by atoms with Crippen LogP contribution in [0.2, 0.25) is 0 Å². The van der Waals surface area contributed by atoms with Crippen molar-refractivity contribution in [3.8, 4) is 0 Å². The second-order valence-electron chi connectivity index (χ2n) is 9.28. The minimum Gasteiger partial charge on any atom is -0.393 e. The number of aliphatic hydroxyl groups is 3. The molecule has 176 valence electrons. The number of hydrogen-bond acceptors (Lipinski definition) is 7. The van der Waals surface area contributed by atoms with Crippen molar-refractivity contribution in [3.63, 3.8) is 0 Å². The third-order valence-electron chi connectivity index (χ3n) is 6.65. The minimum absolute atomic E-state index is 0.0170. The second-order valence-corrected chi connectivity index (χ2v) is 9.28. The van der Waals surface area contributed by atoms with Crippen LogP contribution in [0.1, 0.15) is 61.3 Å². The van der Waals surface area contributed by atoms with Crippen molar-refractivity contribution >= 4 is 11.6 Å². The van der Waals surface area contributed by atoms with Gasteiger partial charge in [0.25, 0.3) is 0 Å². The molecule has 0 spiro atoms. The Kier molecular flexibility index (Phi) is 8.01. The van der Waals surface area contributed by atoms with Crippen LogP contribution in [-0.2, 0) is 9.47 Å². The van der Waals surface area contributed by atoms with Gasteiger partial charge in [-0.2, -0.15) is 0 Å². The summed E-state index contributed by atoms with van der Waals surface area (Å²) in [6.45, 7) is 7.23. The lowest BCUT2D eigenvalue weighted by Gasteiger charge is -2.38. The molecule has 0 aromatic heterocycles. The Hall–Kier alpha value is -1.90. The number of allylic oxidation sites excluding steroid dienone is 1. The van der Waals surface area contributed by atoms with Crippen LogP contribution in [0.15, 0.2) is 35.9 Å². The van der Waals surface area contributed by atoms with E-state index in [9.17, 15) is 24.9 Å². The normalized spacial score (nSPS) is 32.3. The van der Waals surface area contributed by atoms with E-state index in [-0.39, 0.29) is 35.6 Å². The van der Waals surface area contributed by atoms with E-state index in [4.69, 9.17) is 9.47 Å². The minimum atomic E-state index is -1.06. The average molecular weight is 447 g/mol. The van der Waals surface area contributed by atoms with Crippen LogP contribution in [0.4, 0.5) is 0 Å². The maximum Gasteiger partial charge on any atom is 0.185 e. The Balaban J connectivity index is 1.52. The summed E-state index contributed by atoms with van der Waals surface area (Å²) < 4.78 is 11.5. The van der Waals surface area contributed by atoms with E-state index in [0.717, 1.165) is 5.57 Å². The van der Waals surface area contributed by atoms with Gasteiger partial charge in [0.15, 0.2) is 11.6 Å². The van der Waals surface area contributed by atoms with Gasteiger partial charge >= 0.3 is 0 Å². The van der Waals surface area contributed by atoms with Gasteiger partial charge in [0.1, 0.15) is 6.10 Å². The number of rotatable bonds is 9. The maximum absolute atomic E-state index is 12.5. The lowest BCUT2D eigenvalue weighted by Crippen LogP contribution is -2.50. The average Bonchev–Trinajstić information content (AvgIpc) is 3.51. The van der Waals surface area contributed by atoms with Crippen molar-refractivity contribution in [1.82, 2.24) is 0 Å². The molecule has 0 saturated carbocycles. The molecule has 2 saturated heterocycles. The van der Waals surface area contributed by atoms with Crippen LogP contribution in [0, 0.1) is 11.8 Å². The van der Waals surface area contributed by atoms with Crippen molar-refractivity contribution in [2.45, 2.75) is 77.2 Å². The Bertz CT molecular complexity index is 844. The molecule has 0 bridgehead atoms. The Labute approximate surface area is 189 Å². The third kappa shape index (κ3) is 5.91. The highest BCUT2D eigenvalue weighted by atomic mass is 16.6. The highest BCUT2D eigenvalue weighted by Crippen LogP contribution is 2.38. The summed E-state index contributed by atoms with van der Waals surface area (Å²) in [6, 6.07) is 6.49. The van der Waals surface area contributed by atoms with Crippen molar-refractivity contribution < 1.29 is 34.4 Å². The number of carbonyl (C=O) groups excluding carboxylic acids is 2. The zero-order chi connectivity index (χ0) is 23.6. The van der Waals surface area contributed by atoms with E-state index < -0.39 is 24.4 Å². The molecule has 2 heterocycles. The van der Waals surface area contributed by atoms with Crippen LogP contribution in [0.25, 0.3) is 0 Å². The van der Waals surface area contributed by atoms with Crippen molar-refractivity contribution in [2.24, 2.45) is 11.8 Å². The van der Waals surface area contributed by atoms with Gasteiger partial charge in [0.2, 0.25) is 0 Å². The van der Waals surface area contributed by atoms with E-state index in [1.807, 2.05) is 6.92 Å². The van der Waals surface area contributed by atoms with E-state index in [1.165, 1.54) is 13.0 Å². The predicted molar refractivity (Wildman–Crippen MR) is 119 cm³/mol. The number of hydrogen-bond donors (Lipinski definition) is 3. The molecule has 0 amide bonds. The second kappa shape index (κ2) is 10.4. The molecular formula is C25H34O7. The van der Waals surface area contributed by atoms with Crippen molar-refractivity contribution in [3.05, 3.63) is 47.0 Å². The topological polar surface area (TPSA) is 117 Å². The molecule has 3 N–H and O–H groups in total. The molecule has 7 nitrogen and oxygen atoms in total. The Morgan fingerprint density at radius 1 is 1.06 bits per heavy atom. The molecule has 7 heteroatoms. The van der Waals surface area contributed by atoms with Crippen LogP contribution in [-0.4, -0.2) is 70.1 Å². The number of aliphatic hydroxyl groups excluding tert-OH is 3. The number of epoxide rings is 1. The summed E-state index contributed by atoms with van der Waals surface area (Å²) in [6.07, 6.45) is -0.749. The number of ketones is 2. The highest BCUT2D eigenvalue weighted by molar-refractivity contribution is 6.05. The lowest BCUT2D eigenvalue weighted by molar-refractivity contribution is -0.165. The Morgan fingerprint density at radius 2 is 1.69 bits per heavy atom. The van der Waals surface area contributed by atoms with E-state index in [1.54, 1.807) is 38.1 Å². The molecule has 3 rings (SSSR count). The lowest BCUT2D eigenvalue weighted by atomic mass is 9.85. The molecule has 1 aromatic rings. The van der Waals surface area contributed by atoms with Gasteiger partial charge in [-0.25, -0.2) is 0 Å². The molecule has 0 unspecified atom stereocenters. The predicted octanol–water partition coefficient (Wildman–Crippen LogP) is 2.32. The Morgan fingerprint density at radius 3 is 2.28 bits per heavy atom. The first kappa shape index (κ1) is 24.7. The van der Waals surface area contributed by atoms with Gasteiger partial charge in [-0.1, -0.05) is 36.8 Å². The molecular weight excluding hydrogens is 412 g/mol. The van der Waals surface area contributed by atoms with Gasteiger partial charge in [0.05, 0.1) is 37.1 Å². The van der Waals surface area contributed by atoms with Crippen molar-refractivity contribution in [2.75, 3.05) is 6.61 Å². The quantitative estimate of drug-likeness (QED) is 0.303. The van der Waals surface area contributed by atoms with E-state index in [2.05, 4.69) is 0 Å². The molecule has 8 atom stereocenters. The summed E-state index contributed by atoms with van der Waals surface area (Å²) in [7, 11) is 0. The first-order valence-electron chi connectivity index (χ1n) is 11.2. The fourth-order valence-electron chi connectivity index (χ4n) is 4.26. The van der Waals surface area contributed by atoms with E-state index >= 15 is 0 Å². The monoisotopic (exact) mass is 446 g/mol. The summed E-state index contributed by atoms with van der Waals surface area (Å²) in [5.41, 5.74) is 1.76. The van der Waals surface area contributed by atoms with Crippen LogP contribution in [0.5, 0.6) is 0 Å². The van der Waals surface area contributed by atoms with Gasteiger partial charge in [-0.15, -0.1) is 0 Å². The summed E-state index contributed by atoms with van der Waals surface area (Å²) in [5, 5.41) is 30.9. The zero-order valence-electron chi connectivity index (χ0n) is 19.1. The molecule has 1 aromatic carbocycles. The number of benzene rings is 1. The standard InChI is InChI=1S/C25H34O7/c1-13(9-20(28)18-7-5-17(6-8-18)16(4)27)10-21-24(30)23(29)19(12-31-21)11-22-25(32-22)14(2)15(3)26/h5-9,14-15,19,21-26,29-30H,10-12H2,1-4H3/b13-9+/t14-,15-,19-,21-,22-,23+,24-,25-/m0/s1. The van der Waals surface area contributed by atoms with Crippen LogP contribution in [0.3, 0.4) is 0 Å². The molecule has 2 fully saturated rings. The number of Topliss-reactive ketones (excluding diaryl/α,β-unsaturated/α-hetero) is 1. The number of carbonyl (C=O) groups is 2. The summed E-state index contributed by atoms with van der Waals surface area (Å²) in [5.74, 6) is -0.478. The molecule has 2 aliphatic heterocycles. The maximum atomic E-state index is 12.5. The van der Waals surface area contributed by atoms with Crippen LogP contribution >= 0.6 is 0 Å². The highest BCUT2D eigenvalue weighted by Gasteiger charge is 2.48. The third-order valence-corrected chi connectivity index (χ3v) is 6.65. The summed E-state index contributed by atoms with van der Waals surface area (Å²) in [4.78, 5) is 23.9. The fraction of sp³-hybridized carbons (Fsp3) is 0.600. The first-order valence-corrected chi connectivity index (χ1v) is 11.2. The molecule has 0 radical (unpaired) electrons. The summed E-state index contributed by atoms with van der Waals surface area (Å²) >= 11 is 0. The van der Waals surface area contributed by atoms with Gasteiger partial charge in [0, 0.05) is 23.0 Å². The van der Waals surface area contributed by atoms with Crippen molar-refractivity contribution in [1.29, 1.82) is 0 Å². The van der Waals surface area contributed by atoms with Gasteiger partial charge < -0.3 is 24.8 Å². The zero-order valence-corrected chi connectivity index (χ0v) is 19.1. The SMILES string of the molecule is CC(=O)c1ccc(C(=O)/C=C(\C)C[C@@H]2OC[C@H](C[C@@H]3O[C@H]3[C@@H](C)[C@H](C)O)[C@@H](O)[C@H]2O)cc1. The molecule has 0 aliphatic carbocycles.